The molecule has 1 heterocycles. The highest BCUT2D eigenvalue weighted by molar-refractivity contribution is 6.31. The normalized spacial score (nSPS) is 10.1. The molecule has 0 saturated heterocycles. The van der Waals surface area contributed by atoms with E-state index in [1.54, 1.807) is 6.07 Å². The van der Waals surface area contributed by atoms with Crippen LogP contribution < -0.4 is 10.6 Å². The summed E-state index contributed by atoms with van der Waals surface area (Å²) in [4.78, 5) is 27.1. The lowest BCUT2D eigenvalue weighted by Crippen LogP contribution is -2.23. The first-order valence-corrected chi connectivity index (χ1v) is 7.10. The molecule has 2 rings (SSSR count). The highest BCUT2D eigenvalue weighted by Gasteiger charge is 2.08. The van der Waals surface area contributed by atoms with Gasteiger partial charge in [-0.2, -0.15) is 0 Å². The molecule has 6 heteroatoms. The summed E-state index contributed by atoms with van der Waals surface area (Å²) in [6, 6.07) is 8.76. The Morgan fingerprint density at radius 3 is 2.68 bits per heavy atom. The van der Waals surface area contributed by atoms with E-state index in [-0.39, 0.29) is 11.8 Å². The smallest absolute Gasteiger partial charge is 0.251 e. The summed E-state index contributed by atoms with van der Waals surface area (Å²) >= 11 is 6.05. The van der Waals surface area contributed by atoms with Crippen molar-refractivity contribution in [3.8, 4) is 0 Å². The van der Waals surface area contributed by atoms with E-state index in [0.29, 0.717) is 22.9 Å². The number of anilines is 1. The lowest BCUT2D eigenvalue weighted by molar-refractivity contribution is -0.114. The molecule has 0 saturated carbocycles. The first-order chi connectivity index (χ1) is 10.5. The van der Waals surface area contributed by atoms with Crippen molar-refractivity contribution in [1.29, 1.82) is 0 Å². The van der Waals surface area contributed by atoms with Crippen LogP contribution in [0.5, 0.6) is 0 Å². The number of carbonyl (C=O) groups excluding carboxylic acids is 2. The van der Waals surface area contributed by atoms with E-state index in [4.69, 9.17) is 11.6 Å². The lowest BCUT2D eigenvalue weighted by atomic mass is 10.1. The Kier molecular flexibility index (Phi) is 5.12. The van der Waals surface area contributed by atoms with Gasteiger partial charge in [-0.15, -0.1) is 0 Å². The van der Waals surface area contributed by atoms with Gasteiger partial charge in [-0.05, 0) is 36.2 Å². The summed E-state index contributed by atoms with van der Waals surface area (Å²) in [5.74, 6) is -0.136. The topological polar surface area (TPSA) is 71.1 Å². The second kappa shape index (κ2) is 7.04. The minimum Gasteiger partial charge on any atom is -0.348 e. The Balaban J connectivity index is 2.02. The average molecular weight is 318 g/mol. The number of benzene rings is 1. The summed E-state index contributed by atoms with van der Waals surface area (Å²) in [7, 11) is 0. The molecule has 0 atom stereocenters. The fourth-order valence-corrected chi connectivity index (χ4v) is 2.05. The van der Waals surface area contributed by atoms with E-state index in [2.05, 4.69) is 15.6 Å². The maximum atomic E-state index is 12.1. The number of halogens is 1. The van der Waals surface area contributed by atoms with Crippen molar-refractivity contribution in [1.82, 2.24) is 10.3 Å². The minimum absolute atomic E-state index is 0.237. The molecule has 1 aromatic carbocycles. The zero-order valence-electron chi connectivity index (χ0n) is 12.3. The van der Waals surface area contributed by atoms with Crippen molar-refractivity contribution in [2.75, 3.05) is 5.32 Å². The van der Waals surface area contributed by atoms with Gasteiger partial charge < -0.3 is 10.6 Å². The third-order valence-corrected chi connectivity index (χ3v) is 3.42. The molecule has 2 N–H and O–H groups in total. The number of pyridine rings is 1. The van der Waals surface area contributed by atoms with Crippen LogP contribution in [0.25, 0.3) is 0 Å². The molecule has 0 aliphatic carbocycles. The molecule has 0 aliphatic rings. The van der Waals surface area contributed by atoms with Gasteiger partial charge >= 0.3 is 0 Å². The van der Waals surface area contributed by atoms with E-state index >= 15 is 0 Å². The summed E-state index contributed by atoms with van der Waals surface area (Å²) in [5, 5.41) is 6.01. The Labute approximate surface area is 133 Å². The molecule has 1 aromatic heterocycles. The van der Waals surface area contributed by atoms with Crippen LogP contribution in [-0.2, 0) is 11.3 Å². The summed E-state index contributed by atoms with van der Waals surface area (Å²) in [5.41, 5.74) is 2.34. The molecule has 5 nitrogen and oxygen atoms in total. The number of rotatable bonds is 4. The molecule has 0 bridgehead atoms. The number of carbonyl (C=O) groups is 2. The molecular formula is C16H16ClN3O2. The van der Waals surface area contributed by atoms with E-state index in [9.17, 15) is 9.59 Å². The largest absolute Gasteiger partial charge is 0.348 e. The van der Waals surface area contributed by atoms with Gasteiger partial charge in [0.25, 0.3) is 5.91 Å². The minimum atomic E-state index is -0.245. The molecule has 0 fully saturated rings. The van der Waals surface area contributed by atoms with Gasteiger partial charge in [-0.25, -0.2) is 4.98 Å². The second-order valence-electron chi connectivity index (χ2n) is 4.88. The van der Waals surface area contributed by atoms with Crippen molar-refractivity contribution in [3.63, 3.8) is 0 Å². The van der Waals surface area contributed by atoms with Gasteiger partial charge in [0.1, 0.15) is 5.82 Å². The third-order valence-electron chi connectivity index (χ3n) is 3.02. The van der Waals surface area contributed by atoms with E-state index < -0.39 is 0 Å². The molecule has 2 aromatic rings. The quantitative estimate of drug-likeness (QED) is 0.910. The number of aryl methyl sites for hydroxylation is 1. The summed E-state index contributed by atoms with van der Waals surface area (Å²) in [6.45, 7) is 3.68. The molecule has 0 spiro atoms. The fraction of sp³-hybridized carbons (Fsp3) is 0.188. The Morgan fingerprint density at radius 1 is 1.23 bits per heavy atom. The van der Waals surface area contributed by atoms with Crippen LogP contribution in [0.4, 0.5) is 5.82 Å². The number of hydrogen-bond donors (Lipinski definition) is 2. The standard InChI is InChI=1S/C16H16ClN3O2/c1-10-3-4-12(7-14(10)17)9-19-16(22)13-5-6-18-15(8-13)20-11(2)21/h3-8H,9H2,1-2H3,(H,19,22)(H,18,20,21). The molecule has 22 heavy (non-hydrogen) atoms. The van der Waals surface area contributed by atoms with E-state index in [1.165, 1.54) is 19.2 Å². The van der Waals surface area contributed by atoms with Crippen LogP contribution in [0.1, 0.15) is 28.4 Å². The first-order valence-electron chi connectivity index (χ1n) is 6.72. The average Bonchev–Trinajstić information content (AvgIpc) is 2.48. The molecule has 2 amide bonds. The SMILES string of the molecule is CC(=O)Nc1cc(C(=O)NCc2ccc(C)c(Cl)c2)ccn1. The lowest BCUT2D eigenvalue weighted by Gasteiger charge is -2.08. The van der Waals surface area contributed by atoms with Crippen LogP contribution in [-0.4, -0.2) is 16.8 Å². The molecule has 0 radical (unpaired) electrons. The number of nitrogens with one attached hydrogen (secondary N) is 2. The van der Waals surface area contributed by atoms with Gasteiger partial charge in [-0.3, -0.25) is 9.59 Å². The Bertz CT molecular complexity index is 716. The summed E-state index contributed by atoms with van der Waals surface area (Å²) in [6.07, 6.45) is 1.48. The molecule has 0 unspecified atom stereocenters. The van der Waals surface area contributed by atoms with Gasteiger partial charge in [0.2, 0.25) is 5.91 Å². The number of aromatic nitrogens is 1. The van der Waals surface area contributed by atoms with Crippen LogP contribution >= 0.6 is 11.6 Å². The monoisotopic (exact) mass is 317 g/mol. The highest BCUT2D eigenvalue weighted by atomic mass is 35.5. The van der Waals surface area contributed by atoms with Crippen molar-refractivity contribution < 1.29 is 9.59 Å². The number of amides is 2. The fourth-order valence-electron chi connectivity index (χ4n) is 1.85. The predicted octanol–water partition coefficient (Wildman–Crippen LogP) is 2.93. The van der Waals surface area contributed by atoms with Crippen LogP contribution in [0, 0.1) is 6.92 Å². The second-order valence-corrected chi connectivity index (χ2v) is 5.28. The van der Waals surface area contributed by atoms with Gasteiger partial charge in [-0.1, -0.05) is 23.7 Å². The van der Waals surface area contributed by atoms with Crippen molar-refractivity contribution >= 4 is 29.2 Å². The van der Waals surface area contributed by atoms with Crippen LogP contribution in [0.3, 0.4) is 0 Å². The van der Waals surface area contributed by atoms with E-state index in [0.717, 1.165) is 11.1 Å². The zero-order chi connectivity index (χ0) is 16.1. The maximum Gasteiger partial charge on any atom is 0.251 e. The van der Waals surface area contributed by atoms with Crippen molar-refractivity contribution in [2.24, 2.45) is 0 Å². The number of hydrogen-bond acceptors (Lipinski definition) is 3. The van der Waals surface area contributed by atoms with Gasteiger partial charge in [0, 0.05) is 30.3 Å². The first kappa shape index (κ1) is 16.0. The highest BCUT2D eigenvalue weighted by Crippen LogP contribution is 2.16. The number of nitrogens with zero attached hydrogens (tertiary/aromatic N) is 1. The predicted molar refractivity (Wildman–Crippen MR) is 85.9 cm³/mol. The summed E-state index contributed by atoms with van der Waals surface area (Å²) < 4.78 is 0. The zero-order valence-corrected chi connectivity index (χ0v) is 13.1. The molecular weight excluding hydrogens is 302 g/mol. The van der Waals surface area contributed by atoms with Crippen molar-refractivity contribution in [3.05, 3.63) is 58.2 Å². The van der Waals surface area contributed by atoms with Gasteiger partial charge in [0.15, 0.2) is 0 Å². The van der Waals surface area contributed by atoms with E-state index in [1.807, 2.05) is 25.1 Å². The van der Waals surface area contributed by atoms with Crippen LogP contribution in [0.2, 0.25) is 5.02 Å². The van der Waals surface area contributed by atoms with Crippen LogP contribution in [0.15, 0.2) is 36.5 Å². The van der Waals surface area contributed by atoms with Gasteiger partial charge in [0.05, 0.1) is 0 Å². The molecule has 0 aliphatic heterocycles. The maximum absolute atomic E-state index is 12.1. The van der Waals surface area contributed by atoms with Crippen molar-refractivity contribution in [2.45, 2.75) is 20.4 Å². The Hall–Kier alpha value is -2.40. The molecule has 114 valence electrons. The Morgan fingerprint density at radius 2 is 2.00 bits per heavy atom. The third kappa shape index (κ3) is 4.30.